The van der Waals surface area contributed by atoms with Crippen molar-refractivity contribution in [2.24, 2.45) is 0 Å². The van der Waals surface area contributed by atoms with E-state index in [0.717, 1.165) is 16.0 Å². The van der Waals surface area contributed by atoms with Crippen LogP contribution in [0, 0.1) is 5.82 Å². The molecule has 0 bridgehead atoms. The lowest BCUT2D eigenvalue weighted by atomic mass is 9.95. The molecular weight excluding hydrogens is 437 g/mol. The van der Waals surface area contributed by atoms with Gasteiger partial charge in [-0.15, -0.1) is 11.3 Å². The average molecular weight is 464 g/mol. The molecule has 1 N–H and O–H groups in total. The second-order valence-electron chi connectivity index (χ2n) is 8.74. The van der Waals surface area contributed by atoms with Gasteiger partial charge in [0.1, 0.15) is 5.82 Å². The van der Waals surface area contributed by atoms with Crippen LogP contribution < -0.4 is 5.32 Å². The molecule has 1 atom stereocenters. The van der Waals surface area contributed by atoms with Crippen LogP contribution in [0.2, 0.25) is 0 Å². The van der Waals surface area contributed by atoms with Crippen molar-refractivity contribution in [1.29, 1.82) is 0 Å². The Labute approximate surface area is 196 Å². The van der Waals surface area contributed by atoms with Gasteiger partial charge in [-0.05, 0) is 41.1 Å². The van der Waals surface area contributed by atoms with Crippen LogP contribution in [0.15, 0.2) is 72.1 Å². The van der Waals surface area contributed by atoms with E-state index in [9.17, 15) is 14.0 Å². The summed E-state index contributed by atoms with van der Waals surface area (Å²) in [5.41, 5.74) is 1.48. The summed E-state index contributed by atoms with van der Waals surface area (Å²) in [5, 5.41) is 5.56. The van der Waals surface area contributed by atoms with Crippen LogP contribution >= 0.6 is 11.3 Å². The van der Waals surface area contributed by atoms with Gasteiger partial charge >= 0.3 is 0 Å². The summed E-state index contributed by atoms with van der Waals surface area (Å²) in [4.78, 5) is 30.9. The lowest BCUT2D eigenvalue weighted by Gasteiger charge is -2.44. The third-order valence-corrected chi connectivity index (χ3v) is 7.53. The van der Waals surface area contributed by atoms with E-state index >= 15 is 0 Å². The van der Waals surface area contributed by atoms with Crippen LogP contribution in [0.1, 0.15) is 33.6 Å². The molecule has 2 aromatic carbocycles. The summed E-state index contributed by atoms with van der Waals surface area (Å²) >= 11 is 1.45. The Morgan fingerprint density at radius 1 is 1.00 bits per heavy atom. The van der Waals surface area contributed by atoms with Gasteiger partial charge in [-0.25, -0.2) is 4.39 Å². The van der Waals surface area contributed by atoms with Crippen molar-refractivity contribution < 1.29 is 14.0 Å². The van der Waals surface area contributed by atoms with Gasteiger partial charge in [0.05, 0.1) is 16.6 Å². The fourth-order valence-corrected chi connectivity index (χ4v) is 5.59. The van der Waals surface area contributed by atoms with Crippen LogP contribution in [0.3, 0.4) is 0 Å². The first-order chi connectivity index (χ1) is 16.0. The molecule has 2 aliphatic heterocycles. The predicted octanol–water partition coefficient (Wildman–Crippen LogP) is 4.06. The molecule has 3 heterocycles. The molecule has 2 saturated heterocycles. The minimum absolute atomic E-state index is 0.0510. The minimum atomic E-state index is -0.517. The Hall–Kier alpha value is -3.03. The van der Waals surface area contributed by atoms with Crippen LogP contribution in [0.4, 0.5) is 4.39 Å². The molecule has 0 unspecified atom stereocenters. The lowest BCUT2D eigenvalue weighted by Crippen LogP contribution is -2.59. The first-order valence-electron chi connectivity index (χ1n) is 11.2. The molecule has 1 spiro atoms. The zero-order chi connectivity index (χ0) is 22.8. The van der Waals surface area contributed by atoms with E-state index < -0.39 is 5.66 Å². The fourth-order valence-electron chi connectivity index (χ4n) is 4.90. The van der Waals surface area contributed by atoms with Gasteiger partial charge in [0, 0.05) is 32.5 Å². The molecular formula is C26H26FN3O2S. The number of halogens is 1. The van der Waals surface area contributed by atoms with Crippen molar-refractivity contribution in [2.45, 2.75) is 37.5 Å². The van der Waals surface area contributed by atoms with E-state index in [0.29, 0.717) is 38.9 Å². The maximum atomic E-state index is 13.6. The summed E-state index contributed by atoms with van der Waals surface area (Å²) in [6.07, 6.45) is 1.92. The SMILES string of the molecule is O=C(c1cccs1)N1CCC2(CC1)N[C@H](Cc1ccccc1)C(=O)N2Cc1ccc(F)cc1. The summed E-state index contributed by atoms with van der Waals surface area (Å²) < 4.78 is 13.4. The number of piperidine rings is 1. The molecule has 3 aromatic rings. The first kappa shape index (κ1) is 21.8. The van der Waals surface area contributed by atoms with Gasteiger partial charge in [0.25, 0.3) is 5.91 Å². The van der Waals surface area contributed by atoms with Gasteiger partial charge < -0.3 is 9.80 Å². The summed E-state index contributed by atoms with van der Waals surface area (Å²) in [6.45, 7) is 1.57. The largest absolute Gasteiger partial charge is 0.338 e. The highest BCUT2D eigenvalue weighted by Gasteiger charge is 2.51. The van der Waals surface area contributed by atoms with Crippen LogP contribution in [-0.2, 0) is 17.8 Å². The number of hydrogen-bond acceptors (Lipinski definition) is 4. The van der Waals surface area contributed by atoms with Crippen LogP contribution in [0.25, 0.3) is 0 Å². The van der Waals surface area contributed by atoms with E-state index in [-0.39, 0.29) is 23.7 Å². The van der Waals surface area contributed by atoms with Crippen molar-refractivity contribution in [3.8, 4) is 0 Å². The van der Waals surface area contributed by atoms with E-state index in [4.69, 9.17) is 0 Å². The number of carbonyl (C=O) groups is 2. The first-order valence-corrected chi connectivity index (χ1v) is 12.1. The number of nitrogens with zero attached hydrogens (tertiary/aromatic N) is 2. The third-order valence-electron chi connectivity index (χ3n) is 6.67. The standard InChI is InChI=1S/C26H26FN3O2S/c27-21-10-8-20(9-11-21)18-30-24(31)22(17-19-5-2-1-3-6-19)28-26(30)12-14-29(15-13-26)25(32)23-7-4-16-33-23/h1-11,16,22,28H,12-15,17-18H2/t22-/m1/s1. The highest BCUT2D eigenvalue weighted by molar-refractivity contribution is 7.12. The molecule has 1 aromatic heterocycles. The number of hydrogen-bond donors (Lipinski definition) is 1. The highest BCUT2D eigenvalue weighted by atomic mass is 32.1. The Morgan fingerprint density at radius 3 is 2.39 bits per heavy atom. The van der Waals surface area contributed by atoms with Crippen molar-refractivity contribution in [1.82, 2.24) is 15.1 Å². The Morgan fingerprint density at radius 2 is 1.73 bits per heavy atom. The summed E-state index contributed by atoms with van der Waals surface area (Å²) in [5.74, 6) is -0.182. The van der Waals surface area contributed by atoms with E-state index in [1.807, 2.05) is 57.6 Å². The molecule has 2 aliphatic rings. The second-order valence-corrected chi connectivity index (χ2v) is 9.69. The minimum Gasteiger partial charge on any atom is -0.338 e. The molecule has 2 amide bonds. The number of amides is 2. The van der Waals surface area contributed by atoms with E-state index in [1.54, 1.807) is 12.1 Å². The van der Waals surface area contributed by atoms with Gasteiger partial charge in [-0.2, -0.15) is 0 Å². The molecule has 33 heavy (non-hydrogen) atoms. The van der Waals surface area contributed by atoms with Crippen LogP contribution in [0.5, 0.6) is 0 Å². The number of benzene rings is 2. The van der Waals surface area contributed by atoms with Gasteiger partial charge in [0.15, 0.2) is 0 Å². The second kappa shape index (κ2) is 9.08. The van der Waals surface area contributed by atoms with Gasteiger partial charge in [-0.1, -0.05) is 48.5 Å². The zero-order valence-corrected chi connectivity index (χ0v) is 19.1. The molecule has 7 heteroatoms. The molecule has 5 nitrogen and oxygen atoms in total. The van der Waals surface area contributed by atoms with Crippen LogP contribution in [-0.4, -0.2) is 46.4 Å². The number of carbonyl (C=O) groups excluding carboxylic acids is 2. The summed E-state index contributed by atoms with van der Waals surface area (Å²) in [7, 11) is 0. The van der Waals surface area contributed by atoms with Crippen molar-refractivity contribution in [3.05, 3.63) is 93.9 Å². The van der Waals surface area contributed by atoms with Crippen molar-refractivity contribution in [2.75, 3.05) is 13.1 Å². The number of likely N-dealkylation sites (tertiary alicyclic amines) is 1. The van der Waals surface area contributed by atoms with Crippen molar-refractivity contribution in [3.63, 3.8) is 0 Å². The number of nitrogens with one attached hydrogen (secondary N) is 1. The summed E-state index contributed by atoms with van der Waals surface area (Å²) in [6, 6.07) is 19.7. The maximum absolute atomic E-state index is 13.6. The maximum Gasteiger partial charge on any atom is 0.263 e. The smallest absolute Gasteiger partial charge is 0.263 e. The topological polar surface area (TPSA) is 52.7 Å². The molecule has 2 fully saturated rings. The zero-order valence-electron chi connectivity index (χ0n) is 18.2. The monoisotopic (exact) mass is 463 g/mol. The Balaban J connectivity index is 1.37. The Bertz CT molecular complexity index is 1110. The number of thiophene rings is 1. The fraction of sp³-hybridized carbons (Fsp3) is 0.308. The molecule has 0 saturated carbocycles. The quantitative estimate of drug-likeness (QED) is 0.621. The lowest BCUT2D eigenvalue weighted by molar-refractivity contribution is -0.134. The van der Waals surface area contributed by atoms with Crippen molar-refractivity contribution >= 4 is 23.2 Å². The molecule has 5 rings (SSSR count). The molecule has 0 radical (unpaired) electrons. The third kappa shape index (κ3) is 4.43. The number of rotatable bonds is 5. The van der Waals surface area contributed by atoms with Gasteiger partial charge in [-0.3, -0.25) is 14.9 Å². The average Bonchev–Trinajstić information content (AvgIpc) is 3.45. The predicted molar refractivity (Wildman–Crippen MR) is 126 cm³/mol. The molecule has 0 aliphatic carbocycles. The normalized spacial score (nSPS) is 19.9. The van der Waals surface area contributed by atoms with E-state index in [2.05, 4.69) is 5.32 Å². The van der Waals surface area contributed by atoms with E-state index in [1.165, 1.54) is 23.5 Å². The Kier molecular flexibility index (Phi) is 6.00. The highest BCUT2D eigenvalue weighted by Crippen LogP contribution is 2.35. The molecule has 170 valence electrons. The van der Waals surface area contributed by atoms with Gasteiger partial charge in [0.2, 0.25) is 5.91 Å².